The Kier molecular flexibility index (Phi) is 5.64. The Morgan fingerprint density at radius 3 is 2.48 bits per heavy atom. The summed E-state index contributed by atoms with van der Waals surface area (Å²) >= 11 is 0. The number of hydrogen-bond donors (Lipinski definition) is 2. The summed E-state index contributed by atoms with van der Waals surface area (Å²) in [6.07, 6.45) is 1.59. The average Bonchev–Trinajstić information content (AvgIpc) is 2.71. The van der Waals surface area contributed by atoms with Gasteiger partial charge in [0.05, 0.1) is 6.54 Å². The van der Waals surface area contributed by atoms with E-state index in [1.54, 1.807) is 24.3 Å². The van der Waals surface area contributed by atoms with E-state index < -0.39 is 5.91 Å². The highest BCUT2D eigenvalue weighted by atomic mass is 16.5. The first-order valence-electron chi connectivity index (χ1n) is 8.59. The van der Waals surface area contributed by atoms with Crippen LogP contribution in [0.2, 0.25) is 0 Å². The zero-order chi connectivity index (χ0) is 19.2. The van der Waals surface area contributed by atoms with Gasteiger partial charge in [-0.15, -0.1) is 0 Å². The van der Waals surface area contributed by atoms with Gasteiger partial charge in [0.2, 0.25) is 5.91 Å². The molecule has 5 heteroatoms. The highest BCUT2D eigenvalue weighted by Crippen LogP contribution is 2.18. The topological polar surface area (TPSA) is 69.6 Å². The van der Waals surface area contributed by atoms with Crippen LogP contribution in [-0.4, -0.2) is 28.6 Å². The number of nitrogens with zero attached hydrogens (tertiary/aromatic N) is 1. The number of anilines is 1. The van der Waals surface area contributed by atoms with Crippen molar-refractivity contribution in [2.45, 2.75) is 6.42 Å². The number of nitrogens with one attached hydrogen (secondary N) is 1. The fourth-order valence-electron chi connectivity index (χ4n) is 2.84. The Hall–Kier alpha value is -3.44. The van der Waals surface area contributed by atoms with Gasteiger partial charge in [-0.05, 0) is 47.0 Å². The van der Waals surface area contributed by atoms with E-state index in [1.807, 2.05) is 42.5 Å². The van der Waals surface area contributed by atoms with Crippen LogP contribution in [0.5, 0.6) is 0 Å². The quantitative estimate of drug-likeness (QED) is 0.396. The maximum Gasteiger partial charge on any atom is 0.277 e. The first-order valence-corrected chi connectivity index (χ1v) is 8.59. The predicted octanol–water partition coefficient (Wildman–Crippen LogP) is 4.04. The van der Waals surface area contributed by atoms with Gasteiger partial charge >= 0.3 is 0 Å². The lowest BCUT2D eigenvalue weighted by atomic mass is 10.1. The second kappa shape index (κ2) is 8.29. The van der Waals surface area contributed by atoms with Gasteiger partial charge < -0.3 is 5.32 Å². The number of carbonyl (C=O) groups is 2. The fraction of sp³-hybridized carbons (Fsp3) is 0.0909. The summed E-state index contributed by atoms with van der Waals surface area (Å²) in [4.78, 5) is 24.0. The van der Waals surface area contributed by atoms with Gasteiger partial charge in [-0.1, -0.05) is 55.1 Å². The van der Waals surface area contributed by atoms with E-state index in [1.165, 1.54) is 6.08 Å². The average molecular weight is 360 g/mol. The monoisotopic (exact) mass is 360 g/mol. The molecule has 0 saturated heterocycles. The van der Waals surface area contributed by atoms with E-state index in [2.05, 4.69) is 11.9 Å². The molecular weight excluding hydrogens is 340 g/mol. The minimum Gasteiger partial charge on any atom is -0.322 e. The maximum atomic E-state index is 12.5. The van der Waals surface area contributed by atoms with E-state index in [4.69, 9.17) is 0 Å². The molecule has 0 radical (unpaired) electrons. The van der Waals surface area contributed by atoms with Gasteiger partial charge in [0, 0.05) is 11.3 Å². The van der Waals surface area contributed by atoms with Crippen LogP contribution in [0.25, 0.3) is 10.8 Å². The summed E-state index contributed by atoms with van der Waals surface area (Å²) < 4.78 is 0. The minimum absolute atomic E-state index is 0.104. The van der Waals surface area contributed by atoms with Crippen molar-refractivity contribution in [3.63, 3.8) is 0 Å². The Morgan fingerprint density at radius 2 is 1.70 bits per heavy atom. The molecule has 0 atom stereocenters. The molecule has 0 spiro atoms. The lowest BCUT2D eigenvalue weighted by molar-refractivity contribution is -0.111. The van der Waals surface area contributed by atoms with Gasteiger partial charge in [-0.3, -0.25) is 14.8 Å². The first-order chi connectivity index (χ1) is 13.1. The largest absolute Gasteiger partial charge is 0.322 e. The predicted molar refractivity (Wildman–Crippen MR) is 106 cm³/mol. The minimum atomic E-state index is -0.464. The van der Waals surface area contributed by atoms with Crippen molar-refractivity contribution in [1.82, 2.24) is 5.06 Å². The van der Waals surface area contributed by atoms with E-state index in [0.717, 1.165) is 16.3 Å². The van der Waals surface area contributed by atoms with Crippen LogP contribution in [0, 0.1) is 0 Å². The fourth-order valence-corrected chi connectivity index (χ4v) is 2.84. The zero-order valence-corrected chi connectivity index (χ0v) is 14.8. The first kappa shape index (κ1) is 18.4. The van der Waals surface area contributed by atoms with Crippen LogP contribution < -0.4 is 5.32 Å². The Morgan fingerprint density at radius 1 is 1.00 bits per heavy atom. The number of hydrogen-bond acceptors (Lipinski definition) is 3. The lowest BCUT2D eigenvalue weighted by Crippen LogP contribution is -2.29. The Labute approximate surface area is 157 Å². The molecule has 0 aliphatic carbocycles. The Bertz CT molecular complexity index is 998. The third-order valence-electron chi connectivity index (χ3n) is 4.28. The molecule has 0 bridgehead atoms. The van der Waals surface area contributed by atoms with Crippen LogP contribution in [-0.2, 0) is 11.2 Å². The molecule has 0 aliphatic heterocycles. The van der Waals surface area contributed by atoms with Crippen LogP contribution in [0.15, 0.2) is 79.4 Å². The molecule has 2 N–H and O–H groups in total. The molecule has 3 aromatic rings. The highest BCUT2D eigenvalue weighted by Gasteiger charge is 2.15. The third-order valence-corrected chi connectivity index (χ3v) is 4.28. The van der Waals surface area contributed by atoms with Gasteiger partial charge in [0.25, 0.3) is 5.91 Å². The highest BCUT2D eigenvalue weighted by molar-refractivity contribution is 5.99. The number of benzene rings is 3. The van der Waals surface area contributed by atoms with E-state index >= 15 is 0 Å². The summed E-state index contributed by atoms with van der Waals surface area (Å²) in [5.41, 5.74) is 1.87. The molecule has 0 aromatic heterocycles. The summed E-state index contributed by atoms with van der Waals surface area (Å²) in [6, 6.07) is 20.3. The lowest BCUT2D eigenvalue weighted by Gasteiger charge is -2.17. The number of fused-ring (bicyclic) bond motifs is 1. The third kappa shape index (κ3) is 4.40. The summed E-state index contributed by atoms with van der Waals surface area (Å²) in [5, 5.41) is 15.6. The summed E-state index contributed by atoms with van der Waals surface area (Å²) in [5.74, 6) is -0.774. The van der Waals surface area contributed by atoms with Crippen molar-refractivity contribution in [1.29, 1.82) is 0 Å². The molecule has 0 aliphatic rings. The van der Waals surface area contributed by atoms with Crippen LogP contribution in [0.4, 0.5) is 5.69 Å². The van der Waals surface area contributed by atoms with Crippen molar-refractivity contribution in [3.8, 4) is 0 Å². The molecule has 3 rings (SSSR count). The van der Waals surface area contributed by atoms with Crippen LogP contribution >= 0.6 is 0 Å². The van der Waals surface area contributed by atoms with Crippen molar-refractivity contribution in [3.05, 3.63) is 90.5 Å². The molecule has 3 aromatic carbocycles. The number of hydroxylamine groups is 2. The zero-order valence-electron chi connectivity index (χ0n) is 14.8. The van der Waals surface area contributed by atoms with Gasteiger partial charge in [-0.2, -0.15) is 0 Å². The SMILES string of the molecule is C=CC(=O)Nc1ccccc1CCN(O)C(=O)c1ccc2ccccc2c1. The molecule has 0 unspecified atom stereocenters. The van der Waals surface area contributed by atoms with Crippen LogP contribution in [0.1, 0.15) is 15.9 Å². The number of amides is 2. The molecule has 136 valence electrons. The molecular formula is C22H20N2O3. The van der Waals surface area contributed by atoms with Gasteiger partial charge in [0.1, 0.15) is 0 Å². The molecule has 0 saturated carbocycles. The Balaban J connectivity index is 1.70. The smallest absolute Gasteiger partial charge is 0.277 e. The second-order valence-corrected chi connectivity index (χ2v) is 6.09. The molecule has 5 nitrogen and oxygen atoms in total. The van der Waals surface area contributed by atoms with E-state index in [0.29, 0.717) is 22.7 Å². The number of para-hydroxylation sites is 1. The van der Waals surface area contributed by atoms with Crippen molar-refractivity contribution in [2.75, 3.05) is 11.9 Å². The molecule has 2 amide bonds. The second-order valence-electron chi connectivity index (χ2n) is 6.09. The van der Waals surface area contributed by atoms with Crippen molar-refractivity contribution >= 4 is 28.3 Å². The van der Waals surface area contributed by atoms with Crippen LogP contribution in [0.3, 0.4) is 0 Å². The van der Waals surface area contributed by atoms with E-state index in [-0.39, 0.29) is 12.5 Å². The number of carbonyl (C=O) groups excluding carboxylic acids is 2. The normalized spacial score (nSPS) is 10.4. The molecule has 0 fully saturated rings. The maximum absolute atomic E-state index is 12.5. The molecule has 0 heterocycles. The van der Waals surface area contributed by atoms with E-state index in [9.17, 15) is 14.8 Å². The van der Waals surface area contributed by atoms with Crippen molar-refractivity contribution < 1.29 is 14.8 Å². The van der Waals surface area contributed by atoms with Gasteiger partial charge in [-0.25, -0.2) is 5.06 Å². The standard InChI is InChI=1S/C22H20N2O3/c1-2-21(25)23-20-10-6-5-8-17(20)13-14-24(27)22(26)19-12-11-16-7-3-4-9-18(16)15-19/h2-12,15,27H,1,13-14H2,(H,23,25). The van der Waals surface area contributed by atoms with Crippen molar-refractivity contribution in [2.24, 2.45) is 0 Å². The van der Waals surface area contributed by atoms with Gasteiger partial charge in [0.15, 0.2) is 0 Å². The number of rotatable bonds is 6. The summed E-state index contributed by atoms with van der Waals surface area (Å²) in [7, 11) is 0. The summed E-state index contributed by atoms with van der Waals surface area (Å²) in [6.45, 7) is 3.54. The molecule has 27 heavy (non-hydrogen) atoms.